The van der Waals surface area contributed by atoms with Crippen LogP contribution in [0, 0.1) is 0 Å². The molecule has 128 valence electrons. The van der Waals surface area contributed by atoms with Crippen LogP contribution in [0.4, 0.5) is 24.5 Å². The van der Waals surface area contributed by atoms with Crippen LogP contribution in [-0.2, 0) is 15.7 Å². The van der Waals surface area contributed by atoms with Gasteiger partial charge < -0.3 is 10.1 Å². The van der Waals surface area contributed by atoms with Crippen molar-refractivity contribution in [2.75, 3.05) is 5.32 Å². The van der Waals surface area contributed by atoms with Gasteiger partial charge >= 0.3 is 12.1 Å². The molecule has 0 spiro atoms. The van der Waals surface area contributed by atoms with Crippen LogP contribution in [0.1, 0.15) is 31.2 Å². The lowest BCUT2D eigenvalue weighted by Gasteiger charge is -2.14. The highest BCUT2D eigenvalue weighted by atomic mass is 35.5. The number of carbonyl (C=O) groups excluding carboxylic acids is 1. The number of benzene rings is 1. The number of carbonyl (C=O) groups is 1. The van der Waals surface area contributed by atoms with Crippen LogP contribution in [0.3, 0.4) is 0 Å². The molecule has 0 saturated carbocycles. The highest BCUT2D eigenvalue weighted by molar-refractivity contribution is 6.29. The van der Waals surface area contributed by atoms with Crippen LogP contribution in [0.2, 0.25) is 5.15 Å². The molecular weight excluding hydrogens is 345 g/mol. The Labute approximate surface area is 141 Å². The second-order valence-electron chi connectivity index (χ2n) is 5.06. The number of nitrogens with one attached hydrogen (secondary N) is 1. The van der Waals surface area contributed by atoms with E-state index >= 15 is 0 Å². The molecule has 1 aromatic heterocycles. The predicted molar refractivity (Wildman–Crippen MR) is 84.2 cm³/mol. The van der Waals surface area contributed by atoms with E-state index in [1.807, 2.05) is 0 Å². The molecule has 0 amide bonds. The van der Waals surface area contributed by atoms with E-state index in [-0.39, 0.29) is 10.8 Å². The lowest BCUT2D eigenvalue weighted by Crippen LogP contribution is -2.08. The van der Waals surface area contributed by atoms with Crippen molar-refractivity contribution in [3.63, 3.8) is 0 Å². The molecule has 8 heteroatoms. The number of aromatic nitrogens is 1. The van der Waals surface area contributed by atoms with Gasteiger partial charge in [-0.1, -0.05) is 23.7 Å². The van der Waals surface area contributed by atoms with Gasteiger partial charge in [-0.15, -0.1) is 0 Å². The molecule has 1 N–H and O–H groups in total. The van der Waals surface area contributed by atoms with E-state index < -0.39 is 23.9 Å². The molecule has 4 nitrogen and oxygen atoms in total. The summed E-state index contributed by atoms with van der Waals surface area (Å²) in [5.74, 6) is -0.393. The summed E-state index contributed by atoms with van der Waals surface area (Å²) in [6.07, 6.45) is -4.99. The summed E-state index contributed by atoms with van der Waals surface area (Å²) in [5.41, 5.74) is 0.421. The predicted octanol–water partition coefficient (Wildman–Crippen LogP) is 5.12. The van der Waals surface area contributed by atoms with Crippen LogP contribution >= 0.6 is 11.6 Å². The van der Waals surface area contributed by atoms with Crippen molar-refractivity contribution in [3.05, 3.63) is 52.8 Å². The third-order valence-corrected chi connectivity index (χ3v) is 3.29. The summed E-state index contributed by atoms with van der Waals surface area (Å²) in [6, 6.07) is 8.92. The quantitative estimate of drug-likeness (QED) is 0.608. The zero-order chi connectivity index (χ0) is 17.9. The maximum atomic E-state index is 12.7. The van der Waals surface area contributed by atoms with Gasteiger partial charge in [0.15, 0.2) is 0 Å². The Balaban J connectivity index is 2.17. The largest absolute Gasteiger partial charge is 0.458 e. The number of esters is 1. The molecule has 0 fully saturated rings. The molecule has 0 aliphatic heterocycles. The first-order chi connectivity index (χ1) is 11.1. The fourth-order valence-corrected chi connectivity index (χ4v) is 2.24. The molecule has 0 bridgehead atoms. The number of hydrogen-bond donors (Lipinski definition) is 1. The lowest BCUT2D eigenvalue weighted by atomic mass is 10.1. The molecule has 2 rings (SSSR count). The van der Waals surface area contributed by atoms with E-state index in [0.717, 1.165) is 11.6 Å². The lowest BCUT2D eigenvalue weighted by molar-refractivity contribution is -0.145. The highest BCUT2D eigenvalue weighted by Gasteiger charge is 2.33. The van der Waals surface area contributed by atoms with E-state index in [0.29, 0.717) is 5.69 Å². The molecule has 1 aromatic carbocycles. The monoisotopic (exact) mass is 358 g/mol. The van der Waals surface area contributed by atoms with Crippen LogP contribution in [0.5, 0.6) is 0 Å². The highest BCUT2D eigenvalue weighted by Crippen LogP contribution is 2.32. The van der Waals surface area contributed by atoms with Crippen LogP contribution in [0.15, 0.2) is 36.4 Å². The van der Waals surface area contributed by atoms with Crippen LogP contribution in [-0.4, -0.2) is 11.0 Å². The van der Waals surface area contributed by atoms with Crippen molar-refractivity contribution in [3.8, 4) is 0 Å². The van der Waals surface area contributed by atoms with Crippen molar-refractivity contribution in [2.24, 2.45) is 0 Å². The summed E-state index contributed by atoms with van der Waals surface area (Å²) < 4.78 is 43.3. The normalized spacial score (nSPS) is 12.6. The summed E-state index contributed by atoms with van der Waals surface area (Å²) in [6.45, 7) is 3.04. The molecule has 24 heavy (non-hydrogen) atoms. The average molecular weight is 359 g/mol. The Kier molecular flexibility index (Phi) is 5.33. The minimum Gasteiger partial charge on any atom is -0.458 e. The van der Waals surface area contributed by atoms with Crippen LogP contribution in [0.25, 0.3) is 0 Å². The van der Waals surface area contributed by atoms with Crippen molar-refractivity contribution in [2.45, 2.75) is 26.1 Å². The Hall–Kier alpha value is -2.28. The van der Waals surface area contributed by atoms with E-state index in [2.05, 4.69) is 10.3 Å². The number of anilines is 2. The summed E-state index contributed by atoms with van der Waals surface area (Å²) in [5, 5.41) is 2.57. The van der Waals surface area contributed by atoms with Gasteiger partial charge in [-0.2, -0.15) is 13.2 Å². The first-order valence-electron chi connectivity index (χ1n) is 6.94. The number of nitrogens with zero attached hydrogens (tertiary/aromatic N) is 1. The smallest absolute Gasteiger partial charge is 0.433 e. The van der Waals surface area contributed by atoms with Gasteiger partial charge in [0.2, 0.25) is 0 Å². The number of rotatable bonds is 4. The van der Waals surface area contributed by atoms with Crippen molar-refractivity contribution >= 4 is 28.9 Å². The van der Waals surface area contributed by atoms with Gasteiger partial charge in [0.25, 0.3) is 0 Å². The molecule has 1 unspecified atom stereocenters. The number of hydrogen-bond acceptors (Lipinski definition) is 4. The first kappa shape index (κ1) is 18.1. The minimum absolute atomic E-state index is 0.170. The molecule has 0 aliphatic carbocycles. The molecular formula is C16H14ClF3N2O2. The first-order valence-corrected chi connectivity index (χ1v) is 7.32. The molecule has 1 heterocycles. The summed E-state index contributed by atoms with van der Waals surface area (Å²) in [4.78, 5) is 14.2. The fraction of sp³-hybridized carbons (Fsp3) is 0.250. The molecule has 0 aliphatic rings. The zero-order valence-electron chi connectivity index (χ0n) is 12.8. The van der Waals surface area contributed by atoms with Gasteiger partial charge in [0.1, 0.15) is 17.0 Å². The van der Waals surface area contributed by atoms with Gasteiger partial charge in [-0.05, 0) is 36.8 Å². The SMILES string of the molecule is CC(=O)OC(C)c1ccc(Nc2cc(Cl)nc(C(F)(F)F)c2)cc1. The summed E-state index contributed by atoms with van der Waals surface area (Å²) in [7, 11) is 0. The fourth-order valence-electron chi connectivity index (χ4n) is 2.04. The van der Waals surface area contributed by atoms with Gasteiger partial charge in [-0.3, -0.25) is 4.79 Å². The van der Waals surface area contributed by atoms with Crippen molar-refractivity contribution in [1.82, 2.24) is 4.98 Å². The van der Waals surface area contributed by atoms with E-state index in [1.165, 1.54) is 13.0 Å². The zero-order valence-corrected chi connectivity index (χ0v) is 13.6. The molecule has 0 radical (unpaired) electrons. The molecule has 0 saturated heterocycles. The van der Waals surface area contributed by atoms with Crippen molar-refractivity contribution < 1.29 is 22.7 Å². The topological polar surface area (TPSA) is 51.2 Å². The Morgan fingerprint density at radius 3 is 2.38 bits per heavy atom. The summed E-state index contributed by atoms with van der Waals surface area (Å²) >= 11 is 5.64. The van der Waals surface area contributed by atoms with E-state index in [1.54, 1.807) is 31.2 Å². The number of ether oxygens (including phenoxy) is 1. The Bertz CT molecular complexity index is 733. The van der Waals surface area contributed by atoms with Crippen LogP contribution < -0.4 is 5.32 Å². The van der Waals surface area contributed by atoms with Gasteiger partial charge in [0, 0.05) is 18.3 Å². The standard InChI is InChI=1S/C16H14ClF3N2O2/c1-9(24-10(2)23)11-3-5-12(6-4-11)21-13-7-14(16(18,19)20)22-15(17)8-13/h3-9H,1-2H3,(H,21,22). The Morgan fingerprint density at radius 1 is 1.21 bits per heavy atom. The second kappa shape index (κ2) is 7.09. The van der Waals surface area contributed by atoms with Gasteiger partial charge in [0.05, 0.1) is 0 Å². The maximum absolute atomic E-state index is 12.7. The maximum Gasteiger partial charge on any atom is 0.433 e. The molecule has 2 aromatic rings. The van der Waals surface area contributed by atoms with Crippen molar-refractivity contribution in [1.29, 1.82) is 0 Å². The average Bonchev–Trinajstić information content (AvgIpc) is 2.45. The van der Waals surface area contributed by atoms with E-state index in [9.17, 15) is 18.0 Å². The number of pyridine rings is 1. The molecule has 1 atom stereocenters. The number of alkyl halides is 3. The third-order valence-electron chi connectivity index (χ3n) is 3.10. The Morgan fingerprint density at radius 2 is 1.83 bits per heavy atom. The number of halogens is 4. The second-order valence-corrected chi connectivity index (χ2v) is 5.45. The minimum atomic E-state index is -4.58. The van der Waals surface area contributed by atoms with E-state index in [4.69, 9.17) is 16.3 Å². The van der Waals surface area contributed by atoms with Gasteiger partial charge in [-0.25, -0.2) is 4.98 Å². The third kappa shape index (κ3) is 4.86.